The fourth-order valence-electron chi connectivity index (χ4n) is 3.22. The normalized spacial score (nSPS) is 11.6. The summed E-state index contributed by atoms with van der Waals surface area (Å²) in [6.45, 7) is -0.576. The first kappa shape index (κ1) is 29.1. The van der Waals surface area contributed by atoms with Gasteiger partial charge < -0.3 is 19.3 Å². The summed E-state index contributed by atoms with van der Waals surface area (Å²) in [4.78, 5) is 11.2. The van der Waals surface area contributed by atoms with Crippen molar-refractivity contribution in [1.29, 1.82) is 0 Å². The molecule has 3 aromatic carbocycles. The highest BCUT2D eigenvalue weighted by Crippen LogP contribution is 2.40. The lowest BCUT2D eigenvalue weighted by Crippen LogP contribution is -2.19. The molecule has 3 aromatic rings. The summed E-state index contributed by atoms with van der Waals surface area (Å²) < 4.78 is 91.7. The Morgan fingerprint density at radius 1 is 0.868 bits per heavy atom. The Kier molecular flexibility index (Phi) is 9.45. The van der Waals surface area contributed by atoms with Crippen molar-refractivity contribution in [3.8, 4) is 17.2 Å². The maximum atomic E-state index is 13.1. The molecule has 0 atom stereocenters. The van der Waals surface area contributed by atoms with Crippen molar-refractivity contribution >= 4 is 34.9 Å². The number of thioether (sulfide) groups is 1. The average molecular weight is 579 g/mol. The highest BCUT2D eigenvalue weighted by Gasteiger charge is 2.34. The predicted octanol–water partition coefficient (Wildman–Crippen LogP) is 7.82. The number of hydrogen-bond acceptors (Lipinski definition) is 5. The zero-order chi connectivity index (χ0) is 27.9. The molecule has 0 aliphatic carbocycles. The Morgan fingerprint density at radius 3 is 1.87 bits per heavy atom. The number of ether oxygens (including phenoxy) is 3. The van der Waals surface area contributed by atoms with E-state index in [1.54, 1.807) is 6.07 Å². The van der Waals surface area contributed by atoms with Gasteiger partial charge in [-0.2, -0.15) is 0 Å². The van der Waals surface area contributed by atoms with Gasteiger partial charge in [0.2, 0.25) is 0 Å². The first-order chi connectivity index (χ1) is 17.8. The molecule has 0 bridgehead atoms. The summed E-state index contributed by atoms with van der Waals surface area (Å²) >= 11 is 7.36. The molecule has 0 spiro atoms. The minimum absolute atomic E-state index is 0.00488. The number of halogens is 7. The highest BCUT2D eigenvalue weighted by molar-refractivity contribution is 7.99. The van der Waals surface area contributed by atoms with E-state index in [1.807, 2.05) is 0 Å². The third kappa shape index (κ3) is 8.80. The second-order valence-corrected chi connectivity index (χ2v) is 8.76. The van der Waals surface area contributed by atoms with Gasteiger partial charge in [0.15, 0.2) is 6.61 Å². The molecule has 3 rings (SSSR count). The van der Waals surface area contributed by atoms with Gasteiger partial charge in [-0.15, -0.1) is 38.1 Å². The maximum absolute atomic E-state index is 13.1. The number of para-hydroxylation sites is 2. The lowest BCUT2D eigenvalue weighted by molar-refractivity contribution is -0.275. The molecule has 0 amide bonds. The van der Waals surface area contributed by atoms with Crippen molar-refractivity contribution in [2.24, 2.45) is 0 Å². The summed E-state index contributed by atoms with van der Waals surface area (Å²) in [6.07, 6.45) is -8.67. The van der Waals surface area contributed by atoms with Crippen LogP contribution in [0, 0.1) is 0 Å². The first-order valence-corrected chi connectivity index (χ1v) is 11.9. The molecular weight excluding hydrogens is 562 g/mol. The molecule has 38 heavy (non-hydrogen) atoms. The number of aliphatic carboxylic acids is 1. The van der Waals surface area contributed by atoms with Crippen LogP contribution in [0.5, 0.6) is 17.2 Å². The summed E-state index contributed by atoms with van der Waals surface area (Å²) in [6, 6.07) is 14.5. The van der Waals surface area contributed by atoms with Crippen LogP contribution in [-0.4, -0.2) is 36.2 Å². The van der Waals surface area contributed by atoms with Crippen LogP contribution in [0.2, 0.25) is 5.02 Å². The van der Waals surface area contributed by atoms with Gasteiger partial charge in [0, 0.05) is 21.8 Å². The summed E-state index contributed by atoms with van der Waals surface area (Å²) in [7, 11) is 0. The molecule has 1 N–H and O–H groups in total. The minimum Gasteiger partial charge on any atom is -0.482 e. The Labute approximate surface area is 221 Å². The van der Waals surface area contributed by atoms with Crippen molar-refractivity contribution in [1.82, 2.24) is 0 Å². The summed E-state index contributed by atoms with van der Waals surface area (Å²) in [5.41, 5.74) is -0.242. The maximum Gasteiger partial charge on any atom is 0.573 e. The Bertz CT molecular complexity index is 1250. The molecule has 0 fully saturated rings. The van der Waals surface area contributed by atoms with Crippen LogP contribution in [0.25, 0.3) is 5.57 Å². The molecule has 202 valence electrons. The van der Waals surface area contributed by atoms with Crippen LogP contribution < -0.4 is 14.2 Å². The Hall–Kier alpha value is -3.51. The fraction of sp³-hybridized carbons (Fsp3) is 0.160. The molecule has 13 heteroatoms. The fourth-order valence-corrected chi connectivity index (χ4v) is 4.34. The Morgan fingerprint density at radius 2 is 1.39 bits per heavy atom. The van der Waals surface area contributed by atoms with Crippen molar-refractivity contribution in [2.45, 2.75) is 17.6 Å². The third-order valence-corrected chi connectivity index (χ3v) is 6.02. The SMILES string of the molecule is O=C(O)COc1ccc(SCC=C(c2ccccc2OC(F)(F)F)c2ccccc2OC(F)(F)F)c(Cl)c1. The van der Waals surface area contributed by atoms with Crippen LogP contribution >= 0.6 is 23.4 Å². The van der Waals surface area contributed by atoms with Crippen molar-refractivity contribution < 1.29 is 50.5 Å². The number of alkyl halides is 6. The van der Waals surface area contributed by atoms with Gasteiger partial charge in [0.25, 0.3) is 0 Å². The number of benzene rings is 3. The standard InChI is InChI=1S/C25H17ClF6O5S/c26-19-13-15(35-14-23(33)34)9-10-22(19)38-12-11-16(17-5-1-3-7-20(17)36-24(27,28)29)18-6-2-4-8-21(18)37-25(30,31)32/h1-11,13H,12,14H2,(H,33,34). The van der Waals surface area contributed by atoms with Gasteiger partial charge in [-0.05, 0) is 35.9 Å². The Balaban J connectivity index is 1.99. The topological polar surface area (TPSA) is 65.0 Å². The van der Waals surface area contributed by atoms with E-state index in [0.29, 0.717) is 4.90 Å². The second-order valence-electron chi connectivity index (χ2n) is 7.29. The molecule has 0 aromatic heterocycles. The largest absolute Gasteiger partial charge is 0.573 e. The monoisotopic (exact) mass is 578 g/mol. The molecule has 0 heterocycles. The van der Waals surface area contributed by atoms with E-state index >= 15 is 0 Å². The predicted molar refractivity (Wildman–Crippen MR) is 129 cm³/mol. The summed E-state index contributed by atoms with van der Waals surface area (Å²) in [5.74, 6) is -2.14. The zero-order valence-electron chi connectivity index (χ0n) is 19.0. The van der Waals surface area contributed by atoms with Gasteiger partial charge in [-0.3, -0.25) is 0 Å². The molecule has 0 radical (unpaired) electrons. The third-order valence-electron chi connectivity index (χ3n) is 4.60. The van der Waals surface area contributed by atoms with Crippen molar-refractivity contribution in [3.63, 3.8) is 0 Å². The van der Waals surface area contributed by atoms with Crippen LogP contribution in [0.3, 0.4) is 0 Å². The van der Waals surface area contributed by atoms with Crippen LogP contribution in [0.4, 0.5) is 26.3 Å². The molecular formula is C25H17ClF6O5S. The van der Waals surface area contributed by atoms with E-state index in [2.05, 4.69) is 9.47 Å². The van der Waals surface area contributed by atoms with E-state index < -0.39 is 36.8 Å². The molecule has 0 saturated heterocycles. The van der Waals surface area contributed by atoms with E-state index in [9.17, 15) is 31.1 Å². The lowest BCUT2D eigenvalue weighted by atomic mass is 9.96. The minimum atomic E-state index is -5.05. The second kappa shape index (κ2) is 12.4. The van der Waals surface area contributed by atoms with Crippen LogP contribution in [-0.2, 0) is 4.79 Å². The highest BCUT2D eigenvalue weighted by atomic mass is 35.5. The number of carboxylic acids is 1. The van der Waals surface area contributed by atoms with Crippen LogP contribution in [0.15, 0.2) is 77.7 Å². The number of hydrogen-bond donors (Lipinski definition) is 1. The zero-order valence-corrected chi connectivity index (χ0v) is 20.5. The van der Waals surface area contributed by atoms with Crippen molar-refractivity contribution in [3.05, 3.63) is 89.0 Å². The molecule has 0 saturated carbocycles. The molecule has 0 unspecified atom stereocenters. The number of rotatable bonds is 10. The van der Waals surface area contributed by atoms with Gasteiger partial charge in [-0.25, -0.2) is 4.79 Å². The van der Waals surface area contributed by atoms with Gasteiger partial charge in [0.1, 0.15) is 17.2 Å². The average Bonchev–Trinajstić information content (AvgIpc) is 2.81. The van der Waals surface area contributed by atoms with Gasteiger partial charge in [-0.1, -0.05) is 54.1 Å². The van der Waals surface area contributed by atoms with Gasteiger partial charge >= 0.3 is 18.7 Å². The lowest BCUT2D eigenvalue weighted by Gasteiger charge is -2.19. The molecule has 5 nitrogen and oxygen atoms in total. The van der Waals surface area contributed by atoms with E-state index in [0.717, 1.165) is 23.9 Å². The molecule has 0 aliphatic heterocycles. The smallest absolute Gasteiger partial charge is 0.482 e. The molecule has 0 aliphatic rings. The summed E-state index contributed by atoms with van der Waals surface area (Å²) in [5, 5.41) is 8.91. The van der Waals surface area contributed by atoms with E-state index in [1.165, 1.54) is 54.6 Å². The van der Waals surface area contributed by atoms with Crippen molar-refractivity contribution in [2.75, 3.05) is 12.4 Å². The quantitative estimate of drug-likeness (QED) is 0.195. The van der Waals surface area contributed by atoms with E-state index in [4.69, 9.17) is 21.4 Å². The van der Waals surface area contributed by atoms with E-state index in [-0.39, 0.29) is 33.2 Å². The van der Waals surface area contributed by atoms with Gasteiger partial charge in [0.05, 0.1) is 5.02 Å². The number of carbonyl (C=O) groups is 1. The number of carboxylic acid groups (broad SMARTS) is 1. The first-order valence-electron chi connectivity index (χ1n) is 10.5. The van der Waals surface area contributed by atoms with Crippen LogP contribution in [0.1, 0.15) is 11.1 Å².